The van der Waals surface area contributed by atoms with Gasteiger partial charge in [-0.1, -0.05) is 20.3 Å². The summed E-state index contributed by atoms with van der Waals surface area (Å²) in [5.41, 5.74) is 0. The van der Waals surface area contributed by atoms with Crippen LogP contribution in [0.15, 0.2) is 0 Å². The summed E-state index contributed by atoms with van der Waals surface area (Å²) in [6, 6.07) is 1.71. The van der Waals surface area contributed by atoms with Crippen LogP contribution in [-0.4, -0.2) is 23.5 Å². The van der Waals surface area contributed by atoms with Crippen LogP contribution in [0.25, 0.3) is 0 Å². The molecule has 1 fully saturated rings. The summed E-state index contributed by atoms with van der Waals surface area (Å²) in [6.07, 6.45) is 5.60. The minimum atomic E-state index is 0.832. The van der Waals surface area contributed by atoms with E-state index in [2.05, 4.69) is 25.7 Å². The predicted molar refractivity (Wildman–Crippen MR) is 49.8 cm³/mol. The van der Waals surface area contributed by atoms with Crippen molar-refractivity contribution in [2.45, 2.75) is 58.5 Å². The number of piperidine rings is 1. The maximum absolute atomic E-state index is 2.66. The number of nitrogens with zero attached hydrogens (tertiary/aromatic N) is 1. The van der Waals surface area contributed by atoms with Gasteiger partial charge in [0.1, 0.15) is 0 Å². The van der Waals surface area contributed by atoms with Gasteiger partial charge >= 0.3 is 0 Å². The third-order valence-corrected chi connectivity index (χ3v) is 3.03. The summed E-state index contributed by atoms with van der Waals surface area (Å²) in [5.74, 6) is 0. The van der Waals surface area contributed by atoms with E-state index in [-0.39, 0.29) is 0 Å². The minimum absolute atomic E-state index is 0.832. The summed E-state index contributed by atoms with van der Waals surface area (Å²) in [4.78, 5) is 2.66. The van der Waals surface area contributed by atoms with Gasteiger partial charge < -0.3 is 0 Å². The Morgan fingerprint density at radius 3 is 2.45 bits per heavy atom. The third-order valence-electron chi connectivity index (χ3n) is 3.03. The second-order valence-corrected chi connectivity index (χ2v) is 3.67. The van der Waals surface area contributed by atoms with Gasteiger partial charge in [0.05, 0.1) is 0 Å². The molecule has 66 valence electrons. The van der Waals surface area contributed by atoms with Gasteiger partial charge in [0.25, 0.3) is 0 Å². The molecule has 0 amide bonds. The van der Waals surface area contributed by atoms with E-state index in [4.69, 9.17) is 0 Å². The Labute approximate surface area is 70.8 Å². The Kier molecular flexibility index (Phi) is 3.38. The van der Waals surface area contributed by atoms with E-state index in [1.807, 2.05) is 0 Å². The molecule has 0 aliphatic carbocycles. The van der Waals surface area contributed by atoms with Crippen molar-refractivity contribution in [2.75, 3.05) is 6.54 Å². The van der Waals surface area contributed by atoms with E-state index in [9.17, 15) is 0 Å². The summed E-state index contributed by atoms with van der Waals surface area (Å²) < 4.78 is 0. The first-order chi connectivity index (χ1) is 5.29. The first-order valence-corrected chi connectivity index (χ1v) is 5.05. The molecule has 11 heavy (non-hydrogen) atoms. The molecule has 1 nitrogen and oxygen atoms in total. The van der Waals surface area contributed by atoms with E-state index >= 15 is 0 Å². The zero-order chi connectivity index (χ0) is 8.27. The van der Waals surface area contributed by atoms with Crippen molar-refractivity contribution < 1.29 is 0 Å². The Bertz CT molecular complexity index is 111. The van der Waals surface area contributed by atoms with Crippen molar-refractivity contribution in [3.8, 4) is 0 Å². The van der Waals surface area contributed by atoms with Crippen LogP contribution < -0.4 is 0 Å². The molecule has 0 aromatic heterocycles. The molecule has 1 aliphatic rings. The van der Waals surface area contributed by atoms with Crippen molar-refractivity contribution in [3.05, 3.63) is 0 Å². The van der Waals surface area contributed by atoms with Gasteiger partial charge in [-0.25, -0.2) is 0 Å². The fourth-order valence-corrected chi connectivity index (χ4v) is 2.35. The second kappa shape index (κ2) is 4.10. The lowest BCUT2D eigenvalue weighted by atomic mass is 9.95. The molecule has 0 spiro atoms. The molecule has 2 unspecified atom stereocenters. The lowest BCUT2D eigenvalue weighted by Crippen LogP contribution is -2.44. The normalized spacial score (nSPS) is 34.1. The van der Waals surface area contributed by atoms with Crippen LogP contribution in [0, 0.1) is 0 Å². The first kappa shape index (κ1) is 9.05. The molecule has 1 saturated heterocycles. The van der Waals surface area contributed by atoms with Crippen molar-refractivity contribution in [3.63, 3.8) is 0 Å². The van der Waals surface area contributed by atoms with Gasteiger partial charge in [-0.3, -0.25) is 4.90 Å². The standard InChI is InChI=1S/C10H21N/c1-4-10-8-6-7-9(3)11(10)5-2/h9-10H,4-8H2,1-3H3. The summed E-state index contributed by atoms with van der Waals surface area (Å²) >= 11 is 0. The highest BCUT2D eigenvalue weighted by atomic mass is 15.2. The van der Waals surface area contributed by atoms with E-state index in [0.717, 1.165) is 12.1 Å². The quantitative estimate of drug-likeness (QED) is 0.592. The fraction of sp³-hybridized carbons (Fsp3) is 1.00. The van der Waals surface area contributed by atoms with Gasteiger partial charge in [0, 0.05) is 12.1 Å². The van der Waals surface area contributed by atoms with E-state index in [1.165, 1.54) is 32.2 Å². The van der Waals surface area contributed by atoms with Crippen LogP contribution >= 0.6 is 0 Å². The van der Waals surface area contributed by atoms with Crippen LogP contribution in [-0.2, 0) is 0 Å². The predicted octanol–water partition coefficient (Wildman–Crippen LogP) is 2.66. The molecular formula is C10H21N. The Balaban J connectivity index is 2.48. The molecule has 0 aromatic rings. The van der Waals surface area contributed by atoms with Crippen molar-refractivity contribution in [2.24, 2.45) is 0 Å². The molecule has 2 atom stereocenters. The van der Waals surface area contributed by atoms with Crippen molar-refractivity contribution >= 4 is 0 Å². The van der Waals surface area contributed by atoms with Crippen LogP contribution in [0.4, 0.5) is 0 Å². The van der Waals surface area contributed by atoms with Crippen molar-refractivity contribution in [1.29, 1.82) is 0 Å². The average molecular weight is 155 g/mol. The Hall–Kier alpha value is -0.0400. The largest absolute Gasteiger partial charge is 0.298 e. The van der Waals surface area contributed by atoms with Crippen LogP contribution in [0.3, 0.4) is 0 Å². The zero-order valence-electron chi connectivity index (χ0n) is 8.14. The van der Waals surface area contributed by atoms with Crippen LogP contribution in [0.5, 0.6) is 0 Å². The molecule has 1 rings (SSSR count). The van der Waals surface area contributed by atoms with Gasteiger partial charge in [0.15, 0.2) is 0 Å². The topological polar surface area (TPSA) is 3.24 Å². The molecule has 1 heterocycles. The highest BCUT2D eigenvalue weighted by molar-refractivity contribution is 4.80. The van der Waals surface area contributed by atoms with Gasteiger partial charge in [-0.15, -0.1) is 0 Å². The highest BCUT2D eigenvalue weighted by Gasteiger charge is 2.24. The molecule has 0 saturated carbocycles. The molecule has 0 N–H and O–H groups in total. The molecule has 0 radical (unpaired) electrons. The molecule has 0 aromatic carbocycles. The van der Waals surface area contributed by atoms with E-state index in [1.54, 1.807) is 0 Å². The highest BCUT2D eigenvalue weighted by Crippen LogP contribution is 2.23. The Morgan fingerprint density at radius 2 is 2.00 bits per heavy atom. The maximum atomic E-state index is 2.66. The van der Waals surface area contributed by atoms with E-state index in [0.29, 0.717) is 0 Å². The fourth-order valence-electron chi connectivity index (χ4n) is 2.35. The second-order valence-electron chi connectivity index (χ2n) is 3.67. The third kappa shape index (κ3) is 1.96. The smallest absolute Gasteiger partial charge is 0.00953 e. The van der Waals surface area contributed by atoms with E-state index < -0.39 is 0 Å². The van der Waals surface area contributed by atoms with Crippen molar-refractivity contribution in [1.82, 2.24) is 4.90 Å². The molecular weight excluding hydrogens is 134 g/mol. The lowest BCUT2D eigenvalue weighted by Gasteiger charge is -2.39. The summed E-state index contributed by atoms with van der Waals surface area (Å²) in [6.45, 7) is 8.20. The van der Waals surface area contributed by atoms with Crippen LogP contribution in [0.1, 0.15) is 46.5 Å². The number of rotatable bonds is 2. The SMILES string of the molecule is CCC1CCCC(C)N1CC. The summed E-state index contributed by atoms with van der Waals surface area (Å²) in [5, 5.41) is 0. The minimum Gasteiger partial charge on any atom is -0.298 e. The number of hydrogen-bond acceptors (Lipinski definition) is 1. The van der Waals surface area contributed by atoms with Gasteiger partial charge in [-0.05, 0) is 32.7 Å². The van der Waals surface area contributed by atoms with Gasteiger partial charge in [0.2, 0.25) is 0 Å². The first-order valence-electron chi connectivity index (χ1n) is 5.05. The molecule has 1 heteroatoms. The van der Waals surface area contributed by atoms with Gasteiger partial charge in [-0.2, -0.15) is 0 Å². The number of likely N-dealkylation sites (tertiary alicyclic amines) is 1. The molecule has 0 bridgehead atoms. The monoisotopic (exact) mass is 155 g/mol. The lowest BCUT2D eigenvalue weighted by molar-refractivity contribution is 0.0968. The Morgan fingerprint density at radius 1 is 1.27 bits per heavy atom. The average Bonchev–Trinajstić information content (AvgIpc) is 2.04. The molecule has 1 aliphatic heterocycles. The summed E-state index contributed by atoms with van der Waals surface area (Å²) in [7, 11) is 0. The maximum Gasteiger partial charge on any atom is 0.00953 e. The van der Waals surface area contributed by atoms with Crippen LogP contribution in [0.2, 0.25) is 0 Å². The number of hydrogen-bond donors (Lipinski definition) is 0. The zero-order valence-corrected chi connectivity index (χ0v) is 8.14.